The number of hydrogen-bond donors (Lipinski definition) is 1. The predicted octanol–water partition coefficient (Wildman–Crippen LogP) is 4.03. The van der Waals surface area contributed by atoms with E-state index in [4.69, 9.17) is 14.5 Å². The van der Waals surface area contributed by atoms with E-state index in [2.05, 4.69) is 10.2 Å². The van der Waals surface area contributed by atoms with Crippen molar-refractivity contribution in [1.29, 1.82) is 0 Å². The number of hydrogen-bond acceptors (Lipinski definition) is 6. The number of carbonyl (C=O) groups excluding carboxylic acids is 1. The lowest BCUT2D eigenvalue weighted by Crippen LogP contribution is -2.56. The summed E-state index contributed by atoms with van der Waals surface area (Å²) in [6.45, 7) is -0.0254. The van der Waals surface area contributed by atoms with Gasteiger partial charge >= 0.3 is 5.97 Å². The Morgan fingerprint density at radius 3 is 1.97 bits per heavy atom. The number of rotatable bonds is 7. The molecule has 3 aromatic carbocycles. The third kappa shape index (κ3) is 3.93. The van der Waals surface area contributed by atoms with Crippen molar-refractivity contribution in [2.45, 2.75) is 17.7 Å². The van der Waals surface area contributed by atoms with Gasteiger partial charge in [-0.15, -0.1) is 0 Å². The van der Waals surface area contributed by atoms with Crippen molar-refractivity contribution in [1.82, 2.24) is 5.32 Å². The van der Waals surface area contributed by atoms with E-state index >= 15 is 0 Å². The average molecular weight is 418 g/mol. The highest BCUT2D eigenvalue weighted by atomic mass is 17.2. The molecule has 6 heteroatoms. The summed E-state index contributed by atoms with van der Waals surface area (Å²) in [4.78, 5) is 25.8. The maximum atomic E-state index is 13.3. The van der Waals surface area contributed by atoms with E-state index in [1.807, 2.05) is 91.0 Å². The fraction of sp³-hybridized carbons (Fsp3) is 0.240. The van der Waals surface area contributed by atoms with Gasteiger partial charge in [-0.1, -0.05) is 78.9 Å². The average Bonchev–Trinajstić information content (AvgIpc) is 3.20. The highest BCUT2D eigenvalue weighted by molar-refractivity contribution is 5.85. The lowest BCUT2D eigenvalue weighted by molar-refractivity contribution is -0.283. The Labute approximate surface area is 182 Å². The number of carbonyl (C=O) groups is 1. The molecule has 1 fully saturated rings. The molecule has 6 nitrogen and oxygen atoms in total. The van der Waals surface area contributed by atoms with E-state index < -0.39 is 17.6 Å². The van der Waals surface area contributed by atoms with Crippen LogP contribution in [0.4, 0.5) is 5.69 Å². The van der Waals surface area contributed by atoms with Crippen LogP contribution in [0.15, 0.2) is 91.0 Å². The molecule has 0 aliphatic carbocycles. The Hall–Kier alpha value is -3.19. The molecule has 160 valence electrons. The second kappa shape index (κ2) is 9.31. The topological polar surface area (TPSA) is 60.0 Å². The minimum absolute atomic E-state index is 0.0254. The van der Waals surface area contributed by atoms with Gasteiger partial charge in [0.25, 0.3) is 0 Å². The molecule has 1 aliphatic rings. The first-order valence-electron chi connectivity index (χ1n) is 10.2. The third-order valence-corrected chi connectivity index (χ3v) is 5.66. The summed E-state index contributed by atoms with van der Waals surface area (Å²) in [5.74, 6) is -0.419. The molecule has 1 N–H and O–H groups in total. The summed E-state index contributed by atoms with van der Waals surface area (Å²) in [6.07, 6.45) is -0.298. The maximum Gasteiger partial charge on any atom is 0.331 e. The molecule has 0 amide bonds. The monoisotopic (exact) mass is 418 g/mol. The van der Waals surface area contributed by atoms with Gasteiger partial charge in [-0.25, -0.2) is 14.6 Å². The zero-order valence-corrected chi connectivity index (χ0v) is 17.6. The number of ether oxygens (including phenoxy) is 1. The molecule has 0 bridgehead atoms. The second-order valence-electron chi connectivity index (χ2n) is 7.41. The van der Waals surface area contributed by atoms with E-state index in [1.165, 1.54) is 14.2 Å². The van der Waals surface area contributed by atoms with E-state index in [9.17, 15) is 4.79 Å². The second-order valence-corrected chi connectivity index (χ2v) is 7.41. The Balaban J connectivity index is 1.95. The Bertz CT molecular complexity index is 984. The van der Waals surface area contributed by atoms with Crippen LogP contribution in [-0.2, 0) is 19.3 Å². The summed E-state index contributed by atoms with van der Waals surface area (Å²) in [5.41, 5.74) is 1.75. The first-order valence-corrected chi connectivity index (χ1v) is 10.2. The molecule has 0 spiro atoms. The Morgan fingerprint density at radius 1 is 0.871 bits per heavy atom. The molecular weight excluding hydrogens is 392 g/mol. The number of esters is 1. The fourth-order valence-electron chi connectivity index (χ4n) is 4.32. The lowest BCUT2D eigenvalue weighted by atomic mass is 9.86. The van der Waals surface area contributed by atoms with Crippen LogP contribution in [0.5, 0.6) is 0 Å². The third-order valence-electron chi connectivity index (χ3n) is 5.66. The molecule has 1 unspecified atom stereocenters. The van der Waals surface area contributed by atoms with Crippen LogP contribution in [0.2, 0.25) is 0 Å². The van der Waals surface area contributed by atoms with Crippen LogP contribution < -0.4 is 10.2 Å². The fourth-order valence-corrected chi connectivity index (χ4v) is 4.32. The van der Waals surface area contributed by atoms with E-state index in [0.29, 0.717) is 0 Å². The summed E-state index contributed by atoms with van der Waals surface area (Å²) in [6, 6.07) is 29.6. The van der Waals surface area contributed by atoms with Gasteiger partial charge in [0.15, 0.2) is 5.54 Å². The van der Waals surface area contributed by atoms with E-state index in [-0.39, 0.29) is 12.8 Å². The molecule has 1 aliphatic heterocycles. The van der Waals surface area contributed by atoms with Crippen LogP contribution in [0.1, 0.15) is 23.3 Å². The Morgan fingerprint density at radius 2 is 1.42 bits per heavy atom. The Kier molecular flexibility index (Phi) is 6.32. The van der Waals surface area contributed by atoms with Crippen LogP contribution in [-0.4, -0.2) is 32.3 Å². The minimum atomic E-state index is -1.21. The van der Waals surface area contributed by atoms with Crippen molar-refractivity contribution >= 4 is 11.7 Å². The maximum absolute atomic E-state index is 13.3. The molecule has 0 saturated carbocycles. The number of nitrogens with one attached hydrogen (secondary N) is 1. The van der Waals surface area contributed by atoms with Gasteiger partial charge in [0.05, 0.1) is 20.3 Å². The predicted molar refractivity (Wildman–Crippen MR) is 118 cm³/mol. The van der Waals surface area contributed by atoms with Gasteiger partial charge in [-0.3, -0.25) is 5.32 Å². The van der Waals surface area contributed by atoms with Gasteiger partial charge < -0.3 is 9.64 Å². The molecule has 1 saturated heterocycles. The molecule has 0 aromatic heterocycles. The molecule has 3 atom stereocenters. The minimum Gasteiger partial charge on any atom is -0.468 e. The van der Waals surface area contributed by atoms with Crippen LogP contribution in [0.3, 0.4) is 0 Å². The van der Waals surface area contributed by atoms with Gasteiger partial charge in [0.1, 0.15) is 12.8 Å². The number of benzene rings is 3. The summed E-state index contributed by atoms with van der Waals surface area (Å²) < 4.78 is 5.29. The zero-order valence-electron chi connectivity index (χ0n) is 17.6. The summed E-state index contributed by atoms with van der Waals surface area (Å²) >= 11 is 0. The van der Waals surface area contributed by atoms with Crippen LogP contribution >= 0.6 is 0 Å². The summed E-state index contributed by atoms with van der Waals surface area (Å²) in [7, 11) is 2.82. The largest absolute Gasteiger partial charge is 0.468 e. The quantitative estimate of drug-likeness (QED) is 0.355. The summed E-state index contributed by atoms with van der Waals surface area (Å²) in [5, 5.41) is 3.55. The molecule has 0 radical (unpaired) electrons. The zero-order chi connectivity index (χ0) is 21.7. The van der Waals surface area contributed by atoms with Crippen molar-refractivity contribution < 1.29 is 19.3 Å². The molecule has 3 aromatic rings. The lowest BCUT2D eigenvalue weighted by Gasteiger charge is -2.36. The van der Waals surface area contributed by atoms with Crippen molar-refractivity contribution in [3.05, 3.63) is 102 Å². The number of methoxy groups -OCH3 is 1. The van der Waals surface area contributed by atoms with Gasteiger partial charge in [-0.2, -0.15) is 0 Å². The van der Waals surface area contributed by atoms with Crippen LogP contribution in [0, 0.1) is 0 Å². The normalized spacial score (nSPS) is 23.0. The first kappa shape index (κ1) is 21.1. The van der Waals surface area contributed by atoms with Gasteiger partial charge in [0.2, 0.25) is 0 Å². The SMILES string of the molecule is COOCC1(C(=O)OC)N[C@@H](c2ccccc2)N(c2ccccc2)[C@H]1c1ccccc1. The number of nitrogens with zero attached hydrogens (tertiary/aromatic N) is 1. The highest BCUT2D eigenvalue weighted by Gasteiger charge is 2.59. The van der Waals surface area contributed by atoms with Gasteiger partial charge in [0, 0.05) is 5.69 Å². The number of para-hydroxylation sites is 1. The molecule has 4 rings (SSSR count). The van der Waals surface area contributed by atoms with Crippen molar-refractivity contribution in [3.63, 3.8) is 0 Å². The molecule has 31 heavy (non-hydrogen) atoms. The van der Waals surface area contributed by atoms with Crippen molar-refractivity contribution in [2.24, 2.45) is 0 Å². The van der Waals surface area contributed by atoms with E-state index in [1.54, 1.807) is 0 Å². The van der Waals surface area contributed by atoms with Crippen molar-refractivity contribution in [3.8, 4) is 0 Å². The molecular formula is C25H26N2O4. The molecule has 1 heterocycles. The first-order chi connectivity index (χ1) is 15.2. The van der Waals surface area contributed by atoms with E-state index in [0.717, 1.165) is 16.8 Å². The number of anilines is 1. The van der Waals surface area contributed by atoms with Gasteiger partial charge in [-0.05, 0) is 23.3 Å². The highest BCUT2D eigenvalue weighted by Crippen LogP contribution is 2.47. The van der Waals surface area contributed by atoms with Crippen LogP contribution in [0.25, 0.3) is 0 Å². The van der Waals surface area contributed by atoms with Crippen molar-refractivity contribution in [2.75, 3.05) is 25.7 Å². The standard InChI is InChI=1S/C25H26N2O4/c1-29-24(28)25(18-31-30-2)22(19-12-6-3-7-13-19)27(21-16-10-5-11-17-21)23(26-25)20-14-8-4-9-15-20/h3-17,22-23,26H,18H2,1-2H3/t22-,23+,25?/m0/s1. The smallest absolute Gasteiger partial charge is 0.331 e.